The topological polar surface area (TPSA) is 64.0 Å². The highest BCUT2D eigenvalue weighted by atomic mass is 35.5. The monoisotopic (exact) mass is 461 g/mol. The average Bonchev–Trinajstić information content (AvgIpc) is 2.82. The van der Waals surface area contributed by atoms with Gasteiger partial charge in [-0.2, -0.15) is 9.78 Å². The molecule has 1 aromatic heterocycles. The summed E-state index contributed by atoms with van der Waals surface area (Å²) in [4.78, 5) is 25.7. The average molecular weight is 462 g/mol. The minimum absolute atomic E-state index is 0.153. The molecule has 7 heteroatoms. The fraction of sp³-hybridized carbons (Fsp3) is 0.0800. The van der Waals surface area contributed by atoms with Crippen LogP contribution in [0.1, 0.15) is 15.9 Å². The predicted octanol–water partition coefficient (Wildman–Crippen LogP) is 5.01. The maximum Gasteiger partial charge on any atom is 0.271 e. The van der Waals surface area contributed by atoms with Crippen molar-refractivity contribution in [2.75, 3.05) is 6.54 Å². The molecule has 0 aliphatic heterocycles. The Morgan fingerprint density at radius 1 is 0.906 bits per heavy atom. The van der Waals surface area contributed by atoms with Crippen LogP contribution in [0, 0.1) is 0 Å². The Balaban J connectivity index is 1.43. The van der Waals surface area contributed by atoms with Gasteiger partial charge in [0.15, 0.2) is 0 Å². The second-order valence-electron chi connectivity index (χ2n) is 7.02. The van der Waals surface area contributed by atoms with E-state index in [1.807, 2.05) is 54.6 Å². The maximum absolute atomic E-state index is 12.4. The Morgan fingerprint density at radius 2 is 1.62 bits per heavy atom. The number of carbonyl (C=O) groups is 1. The molecule has 0 aliphatic carbocycles. The molecular formula is C25H20ClN3O2S. The molecule has 0 saturated heterocycles. The Kier molecular flexibility index (Phi) is 7.04. The van der Waals surface area contributed by atoms with Crippen molar-refractivity contribution in [3.05, 3.63) is 117 Å². The molecule has 0 atom stereocenters. The molecule has 1 N–H and O–H groups in total. The fourth-order valence-electron chi connectivity index (χ4n) is 3.08. The summed E-state index contributed by atoms with van der Waals surface area (Å²) in [5, 5.41) is 8.71. The summed E-state index contributed by atoms with van der Waals surface area (Å²) in [6.45, 7) is 0.551. The van der Waals surface area contributed by atoms with Crippen LogP contribution >= 0.6 is 23.4 Å². The van der Waals surface area contributed by atoms with E-state index in [0.717, 1.165) is 11.3 Å². The molecule has 4 rings (SSSR count). The highest BCUT2D eigenvalue weighted by Crippen LogP contribution is 2.26. The van der Waals surface area contributed by atoms with Crippen molar-refractivity contribution in [1.82, 2.24) is 15.1 Å². The molecule has 0 bridgehead atoms. The van der Waals surface area contributed by atoms with E-state index in [1.54, 1.807) is 30.3 Å². The number of aromatic nitrogens is 2. The smallest absolute Gasteiger partial charge is 0.271 e. The third-order valence-corrected chi connectivity index (χ3v) is 5.91. The van der Waals surface area contributed by atoms with Gasteiger partial charge >= 0.3 is 0 Å². The van der Waals surface area contributed by atoms with Gasteiger partial charge in [0.25, 0.3) is 11.5 Å². The largest absolute Gasteiger partial charge is 0.352 e. The van der Waals surface area contributed by atoms with Crippen LogP contribution in [0.25, 0.3) is 5.69 Å². The van der Waals surface area contributed by atoms with Gasteiger partial charge in [0, 0.05) is 28.1 Å². The first-order chi connectivity index (χ1) is 15.6. The molecule has 3 aromatic carbocycles. The lowest BCUT2D eigenvalue weighted by molar-refractivity contribution is 0.0954. The molecule has 4 aromatic rings. The van der Waals surface area contributed by atoms with E-state index in [2.05, 4.69) is 10.4 Å². The summed E-state index contributed by atoms with van der Waals surface area (Å²) >= 11 is 7.37. The zero-order chi connectivity index (χ0) is 22.3. The number of halogens is 1. The lowest BCUT2D eigenvalue weighted by atomic mass is 10.1. The lowest BCUT2D eigenvalue weighted by Crippen LogP contribution is -2.26. The van der Waals surface area contributed by atoms with Gasteiger partial charge in [-0.05, 0) is 66.6 Å². The van der Waals surface area contributed by atoms with Crippen LogP contribution < -0.4 is 10.9 Å². The van der Waals surface area contributed by atoms with E-state index in [9.17, 15) is 9.59 Å². The molecule has 1 heterocycles. The van der Waals surface area contributed by atoms with Gasteiger partial charge in [-0.1, -0.05) is 53.7 Å². The SMILES string of the molecule is O=C(NCCc1ccccc1)c1ccc(-n2nc(Sc3ccc(Cl)cc3)ccc2=O)cc1. The summed E-state index contributed by atoms with van der Waals surface area (Å²) in [6.07, 6.45) is 0.766. The van der Waals surface area contributed by atoms with Crippen molar-refractivity contribution in [1.29, 1.82) is 0 Å². The Bertz CT molecular complexity index is 1260. The zero-order valence-electron chi connectivity index (χ0n) is 17.1. The first kappa shape index (κ1) is 21.9. The molecule has 32 heavy (non-hydrogen) atoms. The van der Waals surface area contributed by atoms with Crippen LogP contribution in [0.2, 0.25) is 5.02 Å². The minimum Gasteiger partial charge on any atom is -0.352 e. The number of nitrogens with zero attached hydrogens (tertiary/aromatic N) is 2. The maximum atomic E-state index is 12.4. The Labute approximate surface area is 195 Å². The highest BCUT2D eigenvalue weighted by Gasteiger charge is 2.08. The number of hydrogen-bond acceptors (Lipinski definition) is 4. The van der Waals surface area contributed by atoms with Gasteiger partial charge in [-0.25, -0.2) is 0 Å². The molecule has 0 saturated carbocycles. The van der Waals surface area contributed by atoms with E-state index in [1.165, 1.54) is 28.1 Å². The van der Waals surface area contributed by atoms with Crippen LogP contribution in [0.3, 0.4) is 0 Å². The van der Waals surface area contributed by atoms with Crippen molar-refractivity contribution in [3.8, 4) is 5.69 Å². The zero-order valence-corrected chi connectivity index (χ0v) is 18.6. The summed E-state index contributed by atoms with van der Waals surface area (Å²) in [5.74, 6) is -0.153. The molecule has 0 aliphatic rings. The predicted molar refractivity (Wildman–Crippen MR) is 128 cm³/mol. The van der Waals surface area contributed by atoms with Crippen LogP contribution in [0.5, 0.6) is 0 Å². The van der Waals surface area contributed by atoms with Gasteiger partial charge in [0.2, 0.25) is 0 Å². The molecule has 0 spiro atoms. The summed E-state index contributed by atoms with van der Waals surface area (Å²) in [5.41, 5.74) is 2.05. The highest BCUT2D eigenvalue weighted by molar-refractivity contribution is 7.99. The van der Waals surface area contributed by atoms with Gasteiger partial charge in [-0.3, -0.25) is 9.59 Å². The van der Waals surface area contributed by atoms with Crippen molar-refractivity contribution in [3.63, 3.8) is 0 Å². The fourth-order valence-corrected chi connectivity index (χ4v) is 3.98. The number of hydrogen-bond donors (Lipinski definition) is 1. The molecule has 5 nitrogen and oxygen atoms in total. The third kappa shape index (κ3) is 5.66. The third-order valence-electron chi connectivity index (χ3n) is 4.73. The second-order valence-corrected chi connectivity index (χ2v) is 8.55. The van der Waals surface area contributed by atoms with Gasteiger partial charge in [0.05, 0.1) is 5.69 Å². The van der Waals surface area contributed by atoms with E-state index in [-0.39, 0.29) is 11.5 Å². The van der Waals surface area contributed by atoms with E-state index in [4.69, 9.17) is 11.6 Å². The normalized spacial score (nSPS) is 10.7. The summed E-state index contributed by atoms with van der Waals surface area (Å²) in [6, 6.07) is 27.4. The molecule has 0 radical (unpaired) electrons. The molecule has 0 unspecified atom stereocenters. The number of benzene rings is 3. The van der Waals surface area contributed by atoms with Crippen molar-refractivity contribution in [2.24, 2.45) is 0 Å². The first-order valence-electron chi connectivity index (χ1n) is 10.0. The molecule has 160 valence electrons. The number of rotatable bonds is 7. The van der Waals surface area contributed by atoms with Crippen LogP contribution in [-0.4, -0.2) is 22.2 Å². The number of amides is 1. The molecule has 0 fully saturated rings. The number of carbonyl (C=O) groups excluding carboxylic acids is 1. The summed E-state index contributed by atoms with van der Waals surface area (Å²) in [7, 11) is 0. The van der Waals surface area contributed by atoms with Crippen LogP contribution in [0.15, 0.2) is 106 Å². The second kappa shape index (κ2) is 10.3. The van der Waals surface area contributed by atoms with Crippen molar-refractivity contribution in [2.45, 2.75) is 16.3 Å². The molecule has 1 amide bonds. The van der Waals surface area contributed by atoms with E-state index >= 15 is 0 Å². The lowest BCUT2D eigenvalue weighted by Gasteiger charge is -2.09. The van der Waals surface area contributed by atoms with Gasteiger partial charge in [0.1, 0.15) is 5.03 Å². The van der Waals surface area contributed by atoms with Crippen LogP contribution in [0.4, 0.5) is 0 Å². The Hall–Kier alpha value is -3.35. The van der Waals surface area contributed by atoms with Crippen molar-refractivity contribution < 1.29 is 4.79 Å². The molecular weight excluding hydrogens is 442 g/mol. The van der Waals surface area contributed by atoms with Crippen molar-refractivity contribution >= 4 is 29.3 Å². The van der Waals surface area contributed by atoms with Gasteiger partial charge in [-0.15, -0.1) is 0 Å². The number of nitrogens with one attached hydrogen (secondary N) is 1. The van der Waals surface area contributed by atoms with Gasteiger partial charge < -0.3 is 5.32 Å². The van der Waals surface area contributed by atoms with E-state index < -0.39 is 0 Å². The summed E-state index contributed by atoms with van der Waals surface area (Å²) < 4.78 is 1.33. The Morgan fingerprint density at radius 3 is 2.34 bits per heavy atom. The first-order valence-corrected chi connectivity index (χ1v) is 11.2. The van der Waals surface area contributed by atoms with E-state index in [0.29, 0.717) is 27.8 Å². The quantitative estimate of drug-likeness (QED) is 0.420. The minimum atomic E-state index is -0.245. The van der Waals surface area contributed by atoms with Crippen LogP contribution in [-0.2, 0) is 6.42 Å². The standard InChI is InChI=1S/C25H20ClN3O2S/c26-20-8-12-22(13-9-20)32-23-14-15-24(30)29(28-23)21-10-6-19(7-11-21)25(31)27-17-16-18-4-2-1-3-5-18/h1-15H,16-17H2,(H,27,31).